The highest BCUT2D eigenvalue weighted by atomic mass is 19.1. The molecule has 80 valence electrons. The maximum Gasteiger partial charge on any atom is 0.144 e. The first-order valence-electron chi connectivity index (χ1n) is 4.68. The molecule has 0 aromatic heterocycles. The van der Waals surface area contributed by atoms with Crippen LogP contribution in [0.5, 0.6) is 5.75 Å². The Labute approximate surface area is 88.5 Å². The van der Waals surface area contributed by atoms with Crippen molar-refractivity contribution in [3.63, 3.8) is 0 Å². The van der Waals surface area contributed by atoms with Gasteiger partial charge in [0, 0.05) is 12.6 Å². The summed E-state index contributed by atoms with van der Waals surface area (Å²) in [4.78, 5) is 0. The number of hydrogen-bond acceptors (Lipinski definition) is 3. The average Bonchev–Trinajstić information content (AvgIpc) is 2.18. The quantitative estimate of drug-likeness (QED) is 0.818. The SMILES string of the molecule is CNCC(C)Oc1ccc(C#N)c(F)c1. The van der Waals surface area contributed by atoms with Crippen LogP contribution in [0, 0.1) is 17.1 Å². The molecule has 0 amide bonds. The molecule has 1 N–H and O–H groups in total. The summed E-state index contributed by atoms with van der Waals surface area (Å²) in [7, 11) is 1.82. The highest BCUT2D eigenvalue weighted by molar-refractivity contribution is 5.36. The summed E-state index contributed by atoms with van der Waals surface area (Å²) >= 11 is 0. The predicted molar refractivity (Wildman–Crippen MR) is 55.1 cm³/mol. The monoisotopic (exact) mass is 208 g/mol. The van der Waals surface area contributed by atoms with Crippen LogP contribution in [-0.2, 0) is 0 Å². The van der Waals surface area contributed by atoms with Gasteiger partial charge in [-0.2, -0.15) is 5.26 Å². The first-order chi connectivity index (χ1) is 7.17. The van der Waals surface area contributed by atoms with Crippen molar-refractivity contribution in [2.24, 2.45) is 0 Å². The number of likely N-dealkylation sites (N-methyl/N-ethyl adjacent to an activating group) is 1. The van der Waals surface area contributed by atoms with E-state index in [-0.39, 0.29) is 11.7 Å². The van der Waals surface area contributed by atoms with Gasteiger partial charge in [-0.15, -0.1) is 0 Å². The van der Waals surface area contributed by atoms with E-state index in [9.17, 15) is 4.39 Å². The molecule has 4 heteroatoms. The predicted octanol–water partition coefficient (Wildman–Crippen LogP) is 1.68. The van der Waals surface area contributed by atoms with Gasteiger partial charge in [-0.1, -0.05) is 0 Å². The van der Waals surface area contributed by atoms with E-state index in [1.807, 2.05) is 14.0 Å². The van der Waals surface area contributed by atoms with Crippen molar-refractivity contribution < 1.29 is 9.13 Å². The van der Waals surface area contributed by atoms with Crippen LogP contribution in [0.4, 0.5) is 4.39 Å². The minimum Gasteiger partial charge on any atom is -0.489 e. The summed E-state index contributed by atoms with van der Waals surface area (Å²) in [6.07, 6.45) is -0.0395. The zero-order chi connectivity index (χ0) is 11.3. The number of rotatable bonds is 4. The number of nitriles is 1. The molecule has 0 saturated heterocycles. The molecule has 0 bridgehead atoms. The van der Waals surface area contributed by atoms with Crippen LogP contribution in [0.2, 0.25) is 0 Å². The molecule has 1 atom stereocenters. The molecule has 1 unspecified atom stereocenters. The summed E-state index contributed by atoms with van der Waals surface area (Å²) in [5, 5.41) is 11.5. The maximum absolute atomic E-state index is 13.2. The number of benzene rings is 1. The van der Waals surface area contributed by atoms with Crippen molar-refractivity contribution in [3.8, 4) is 11.8 Å². The second kappa shape index (κ2) is 5.32. The first-order valence-corrected chi connectivity index (χ1v) is 4.68. The van der Waals surface area contributed by atoms with Gasteiger partial charge in [0.15, 0.2) is 0 Å². The Morgan fingerprint density at radius 2 is 2.33 bits per heavy atom. The van der Waals surface area contributed by atoms with E-state index in [0.717, 1.165) is 0 Å². The summed E-state index contributed by atoms with van der Waals surface area (Å²) in [5.41, 5.74) is 0.0311. The molecule has 0 aliphatic carbocycles. The second-order valence-electron chi connectivity index (χ2n) is 3.24. The number of ether oxygens (including phenoxy) is 1. The van der Waals surface area contributed by atoms with Crippen LogP contribution < -0.4 is 10.1 Å². The lowest BCUT2D eigenvalue weighted by Crippen LogP contribution is -2.26. The van der Waals surface area contributed by atoms with Gasteiger partial charge in [-0.05, 0) is 26.1 Å². The van der Waals surface area contributed by atoms with Gasteiger partial charge in [0.2, 0.25) is 0 Å². The van der Waals surface area contributed by atoms with Crippen LogP contribution in [0.25, 0.3) is 0 Å². The highest BCUT2D eigenvalue weighted by Gasteiger charge is 2.06. The third-order valence-corrected chi connectivity index (χ3v) is 1.89. The zero-order valence-corrected chi connectivity index (χ0v) is 8.75. The topological polar surface area (TPSA) is 45.0 Å². The first kappa shape index (κ1) is 11.5. The van der Waals surface area contributed by atoms with Crippen molar-refractivity contribution in [1.82, 2.24) is 5.32 Å². The molecule has 0 saturated carbocycles. The van der Waals surface area contributed by atoms with E-state index in [1.165, 1.54) is 12.1 Å². The fourth-order valence-electron chi connectivity index (χ4n) is 1.22. The molecule has 1 aromatic rings. The Morgan fingerprint density at radius 1 is 1.60 bits per heavy atom. The van der Waals surface area contributed by atoms with E-state index < -0.39 is 5.82 Å². The van der Waals surface area contributed by atoms with Gasteiger partial charge >= 0.3 is 0 Å². The van der Waals surface area contributed by atoms with Crippen molar-refractivity contribution in [3.05, 3.63) is 29.6 Å². The number of halogens is 1. The van der Waals surface area contributed by atoms with Crippen LogP contribution in [0.15, 0.2) is 18.2 Å². The van der Waals surface area contributed by atoms with E-state index in [0.29, 0.717) is 12.3 Å². The standard InChI is InChI=1S/C11H13FN2O/c1-8(7-14-2)15-10-4-3-9(6-13)11(12)5-10/h3-5,8,14H,7H2,1-2H3. The lowest BCUT2D eigenvalue weighted by atomic mass is 10.2. The Kier molecular flexibility index (Phi) is 4.07. The molecular weight excluding hydrogens is 195 g/mol. The Balaban J connectivity index is 2.72. The normalized spacial score (nSPS) is 11.9. The van der Waals surface area contributed by atoms with Gasteiger partial charge in [0.05, 0.1) is 5.56 Å². The molecule has 15 heavy (non-hydrogen) atoms. The summed E-state index contributed by atoms with van der Waals surface area (Å²) < 4.78 is 18.6. The zero-order valence-electron chi connectivity index (χ0n) is 8.75. The van der Waals surface area contributed by atoms with Crippen LogP contribution in [0.3, 0.4) is 0 Å². The fraction of sp³-hybridized carbons (Fsp3) is 0.364. The maximum atomic E-state index is 13.2. The molecule has 0 heterocycles. The highest BCUT2D eigenvalue weighted by Crippen LogP contribution is 2.17. The minimum absolute atomic E-state index is 0.0311. The average molecular weight is 208 g/mol. The lowest BCUT2D eigenvalue weighted by molar-refractivity contribution is 0.220. The minimum atomic E-state index is -0.549. The van der Waals surface area contributed by atoms with E-state index in [2.05, 4.69) is 5.32 Å². The molecule has 0 fully saturated rings. The summed E-state index contributed by atoms with van der Waals surface area (Å²) in [5.74, 6) is -0.110. The molecular formula is C11H13FN2O. The smallest absolute Gasteiger partial charge is 0.144 e. The van der Waals surface area contributed by atoms with Crippen LogP contribution >= 0.6 is 0 Å². The van der Waals surface area contributed by atoms with Crippen molar-refractivity contribution in [2.45, 2.75) is 13.0 Å². The molecule has 1 rings (SSSR count). The van der Waals surface area contributed by atoms with Crippen LogP contribution in [-0.4, -0.2) is 19.7 Å². The summed E-state index contributed by atoms with van der Waals surface area (Å²) in [6.45, 7) is 2.56. The van der Waals surface area contributed by atoms with Crippen LogP contribution in [0.1, 0.15) is 12.5 Å². The molecule has 0 spiro atoms. The third kappa shape index (κ3) is 3.22. The van der Waals surface area contributed by atoms with Crippen molar-refractivity contribution in [1.29, 1.82) is 5.26 Å². The van der Waals surface area contributed by atoms with Gasteiger partial charge in [0.1, 0.15) is 23.7 Å². The van der Waals surface area contributed by atoms with Gasteiger partial charge in [0.25, 0.3) is 0 Å². The number of hydrogen-bond donors (Lipinski definition) is 1. The van der Waals surface area contributed by atoms with Crippen molar-refractivity contribution >= 4 is 0 Å². The van der Waals surface area contributed by atoms with Gasteiger partial charge in [-0.3, -0.25) is 0 Å². The molecule has 0 aliphatic heterocycles. The van der Waals surface area contributed by atoms with E-state index in [1.54, 1.807) is 12.1 Å². The Bertz CT molecular complexity index is 373. The molecule has 0 aliphatic rings. The fourth-order valence-corrected chi connectivity index (χ4v) is 1.22. The molecule has 3 nitrogen and oxygen atoms in total. The second-order valence-corrected chi connectivity index (χ2v) is 3.24. The third-order valence-electron chi connectivity index (χ3n) is 1.89. The number of nitrogens with zero attached hydrogens (tertiary/aromatic N) is 1. The largest absolute Gasteiger partial charge is 0.489 e. The number of nitrogens with one attached hydrogen (secondary N) is 1. The lowest BCUT2D eigenvalue weighted by Gasteiger charge is -2.14. The molecule has 0 radical (unpaired) electrons. The Hall–Kier alpha value is -1.60. The van der Waals surface area contributed by atoms with Crippen molar-refractivity contribution in [2.75, 3.05) is 13.6 Å². The van der Waals surface area contributed by atoms with E-state index in [4.69, 9.17) is 10.00 Å². The summed E-state index contributed by atoms with van der Waals surface area (Å²) in [6, 6.07) is 5.99. The van der Waals surface area contributed by atoms with E-state index >= 15 is 0 Å². The molecule has 1 aromatic carbocycles. The van der Waals surface area contributed by atoms with Gasteiger partial charge < -0.3 is 10.1 Å². The Morgan fingerprint density at radius 3 is 2.87 bits per heavy atom. The van der Waals surface area contributed by atoms with Gasteiger partial charge in [-0.25, -0.2) is 4.39 Å².